The fourth-order valence-corrected chi connectivity index (χ4v) is 1.78. The molecule has 78 valence electrons. The molecule has 0 aliphatic rings. The summed E-state index contributed by atoms with van der Waals surface area (Å²) in [5, 5.41) is 0. The summed E-state index contributed by atoms with van der Waals surface area (Å²) in [6.45, 7) is 0. The maximum atomic E-state index is 5.49. The Morgan fingerprint density at radius 1 is 1.40 bits per heavy atom. The summed E-state index contributed by atoms with van der Waals surface area (Å²) in [7, 11) is 0. The van der Waals surface area contributed by atoms with Gasteiger partial charge in [-0.05, 0) is 34.1 Å². The number of nitrogens with one attached hydrogen (secondary N) is 1. The van der Waals surface area contributed by atoms with Crippen LogP contribution < -0.4 is 11.3 Å². The molecule has 5 heteroatoms. The highest BCUT2D eigenvalue weighted by atomic mass is 79.9. The van der Waals surface area contributed by atoms with Crippen molar-refractivity contribution in [2.24, 2.45) is 5.84 Å². The minimum Gasteiger partial charge on any atom is -0.466 e. The highest BCUT2D eigenvalue weighted by Gasteiger charge is 2.19. The molecule has 2 aromatic heterocycles. The Labute approximate surface area is 95.6 Å². The van der Waals surface area contributed by atoms with Crippen LogP contribution in [-0.2, 0) is 0 Å². The van der Waals surface area contributed by atoms with Crippen LogP contribution in [0.25, 0.3) is 0 Å². The lowest BCUT2D eigenvalue weighted by Crippen LogP contribution is -2.29. The van der Waals surface area contributed by atoms with Gasteiger partial charge < -0.3 is 4.42 Å². The first-order valence-electron chi connectivity index (χ1n) is 4.43. The first-order valence-corrected chi connectivity index (χ1v) is 5.22. The van der Waals surface area contributed by atoms with Gasteiger partial charge in [-0.25, -0.2) is 5.43 Å². The fraction of sp³-hybridized carbons (Fsp3) is 0.100. The van der Waals surface area contributed by atoms with E-state index in [1.54, 1.807) is 12.5 Å². The van der Waals surface area contributed by atoms with E-state index in [-0.39, 0.29) is 6.04 Å². The first-order chi connectivity index (χ1) is 7.33. The van der Waals surface area contributed by atoms with E-state index in [1.165, 1.54) is 0 Å². The number of rotatable bonds is 3. The van der Waals surface area contributed by atoms with Crippen molar-refractivity contribution in [3.8, 4) is 0 Å². The molecule has 0 aliphatic heterocycles. The van der Waals surface area contributed by atoms with Gasteiger partial charge >= 0.3 is 0 Å². The topological polar surface area (TPSA) is 64.1 Å². The van der Waals surface area contributed by atoms with E-state index in [9.17, 15) is 0 Å². The van der Waals surface area contributed by atoms with E-state index in [0.29, 0.717) is 0 Å². The van der Waals surface area contributed by atoms with Gasteiger partial charge in [0.05, 0.1) is 16.4 Å². The van der Waals surface area contributed by atoms with Gasteiger partial charge in [0, 0.05) is 6.20 Å². The molecule has 0 bridgehead atoms. The molecule has 0 aliphatic carbocycles. The normalized spacial score (nSPS) is 12.7. The summed E-state index contributed by atoms with van der Waals surface area (Å²) < 4.78 is 6.21. The molecule has 0 saturated carbocycles. The Balaban J connectivity index is 2.37. The fourth-order valence-electron chi connectivity index (χ4n) is 1.35. The second-order valence-corrected chi connectivity index (χ2v) is 3.84. The number of hydrazine groups is 1. The third kappa shape index (κ3) is 2.09. The zero-order valence-corrected chi connectivity index (χ0v) is 9.44. The molecule has 0 radical (unpaired) electrons. The van der Waals surface area contributed by atoms with Crippen LogP contribution in [0.5, 0.6) is 0 Å². The Kier molecular flexibility index (Phi) is 3.15. The molecule has 1 atom stereocenters. The highest BCUT2D eigenvalue weighted by molar-refractivity contribution is 9.10. The Morgan fingerprint density at radius 2 is 2.27 bits per heavy atom. The third-order valence-corrected chi connectivity index (χ3v) is 2.71. The molecular weight excluding hydrogens is 258 g/mol. The number of hydrogen-bond donors (Lipinski definition) is 2. The average molecular weight is 268 g/mol. The van der Waals surface area contributed by atoms with Gasteiger partial charge in [-0.3, -0.25) is 10.8 Å². The van der Waals surface area contributed by atoms with E-state index >= 15 is 0 Å². The van der Waals surface area contributed by atoms with Crippen LogP contribution in [-0.4, -0.2) is 4.98 Å². The second-order valence-electron chi connectivity index (χ2n) is 2.99. The number of aromatic nitrogens is 1. The van der Waals surface area contributed by atoms with E-state index in [0.717, 1.165) is 15.9 Å². The second kappa shape index (κ2) is 4.57. The van der Waals surface area contributed by atoms with Gasteiger partial charge in [-0.1, -0.05) is 6.07 Å². The number of nitrogens with zero attached hydrogens (tertiary/aromatic N) is 1. The lowest BCUT2D eigenvalue weighted by Gasteiger charge is -2.12. The molecule has 2 heterocycles. The molecule has 0 amide bonds. The number of pyridine rings is 1. The standard InChI is InChI=1S/C10H10BrN3O/c11-7-4-6-15-10(7)9(14-12)8-3-1-2-5-13-8/h1-6,9,14H,12H2. The van der Waals surface area contributed by atoms with Crippen LogP contribution in [0, 0.1) is 0 Å². The highest BCUT2D eigenvalue weighted by Crippen LogP contribution is 2.27. The van der Waals surface area contributed by atoms with Crippen LogP contribution in [0.15, 0.2) is 45.6 Å². The van der Waals surface area contributed by atoms with Gasteiger partial charge in [-0.2, -0.15) is 0 Å². The maximum absolute atomic E-state index is 5.49. The molecule has 0 fully saturated rings. The minimum absolute atomic E-state index is 0.240. The Hall–Kier alpha value is -1.17. The summed E-state index contributed by atoms with van der Waals surface area (Å²) >= 11 is 3.39. The Bertz CT molecular complexity index is 429. The predicted molar refractivity (Wildman–Crippen MR) is 59.8 cm³/mol. The molecule has 15 heavy (non-hydrogen) atoms. The van der Waals surface area contributed by atoms with Gasteiger partial charge in [0.15, 0.2) is 0 Å². The molecule has 4 nitrogen and oxygen atoms in total. The molecule has 0 aromatic carbocycles. The molecule has 3 N–H and O–H groups in total. The maximum Gasteiger partial charge on any atom is 0.142 e. The molecule has 0 saturated heterocycles. The zero-order valence-electron chi connectivity index (χ0n) is 7.85. The van der Waals surface area contributed by atoms with Crippen LogP contribution in [0.1, 0.15) is 17.5 Å². The molecule has 0 spiro atoms. The lowest BCUT2D eigenvalue weighted by atomic mass is 10.1. The van der Waals surface area contributed by atoms with Crippen LogP contribution >= 0.6 is 15.9 Å². The minimum atomic E-state index is -0.240. The van der Waals surface area contributed by atoms with E-state index in [1.807, 2.05) is 24.3 Å². The monoisotopic (exact) mass is 267 g/mol. The smallest absolute Gasteiger partial charge is 0.142 e. The predicted octanol–water partition coefficient (Wildman–Crippen LogP) is 1.99. The van der Waals surface area contributed by atoms with Gasteiger partial charge in [0.2, 0.25) is 0 Å². The third-order valence-electron chi connectivity index (χ3n) is 2.06. The Morgan fingerprint density at radius 3 is 2.80 bits per heavy atom. The van der Waals surface area contributed by atoms with Crippen molar-refractivity contribution in [3.63, 3.8) is 0 Å². The number of hydrogen-bond acceptors (Lipinski definition) is 4. The van der Waals surface area contributed by atoms with Crippen molar-refractivity contribution in [2.45, 2.75) is 6.04 Å². The largest absolute Gasteiger partial charge is 0.466 e. The van der Waals surface area contributed by atoms with Crippen LogP contribution in [0.3, 0.4) is 0 Å². The SMILES string of the molecule is NNC(c1ccccn1)c1occc1Br. The number of halogens is 1. The number of furan rings is 1. The van der Waals surface area contributed by atoms with Crippen molar-refractivity contribution in [3.05, 3.63) is 52.7 Å². The van der Waals surface area contributed by atoms with E-state index < -0.39 is 0 Å². The summed E-state index contributed by atoms with van der Waals surface area (Å²) in [6.07, 6.45) is 3.32. The molecule has 2 aromatic rings. The van der Waals surface area contributed by atoms with Crippen molar-refractivity contribution < 1.29 is 4.42 Å². The summed E-state index contributed by atoms with van der Waals surface area (Å²) in [6, 6.07) is 7.23. The van der Waals surface area contributed by atoms with Crippen LogP contribution in [0.4, 0.5) is 0 Å². The lowest BCUT2D eigenvalue weighted by molar-refractivity contribution is 0.445. The number of nitrogens with two attached hydrogens (primary N) is 1. The van der Waals surface area contributed by atoms with Gasteiger partial charge in [0.25, 0.3) is 0 Å². The summed E-state index contributed by atoms with van der Waals surface area (Å²) in [4.78, 5) is 4.22. The van der Waals surface area contributed by atoms with Crippen molar-refractivity contribution in [2.75, 3.05) is 0 Å². The zero-order chi connectivity index (χ0) is 10.7. The van der Waals surface area contributed by atoms with Crippen molar-refractivity contribution >= 4 is 15.9 Å². The van der Waals surface area contributed by atoms with Gasteiger partial charge in [0.1, 0.15) is 11.8 Å². The van der Waals surface area contributed by atoms with Crippen molar-refractivity contribution in [1.29, 1.82) is 0 Å². The molecular formula is C10H10BrN3O. The van der Waals surface area contributed by atoms with Crippen LogP contribution in [0.2, 0.25) is 0 Å². The van der Waals surface area contributed by atoms with Crippen molar-refractivity contribution in [1.82, 2.24) is 10.4 Å². The average Bonchev–Trinajstić information content (AvgIpc) is 2.68. The van der Waals surface area contributed by atoms with E-state index in [4.69, 9.17) is 10.3 Å². The summed E-state index contributed by atoms with van der Waals surface area (Å²) in [5.74, 6) is 6.21. The van der Waals surface area contributed by atoms with E-state index in [2.05, 4.69) is 26.3 Å². The molecule has 1 unspecified atom stereocenters. The quantitative estimate of drug-likeness (QED) is 0.660. The first kappa shape index (κ1) is 10.4. The van der Waals surface area contributed by atoms with Gasteiger partial charge in [-0.15, -0.1) is 0 Å². The summed E-state index contributed by atoms with van der Waals surface area (Å²) in [5.41, 5.74) is 3.49. The molecule has 2 rings (SSSR count).